The smallest absolute Gasteiger partial charge is 0.286 e. The number of carbonyl (C=O) groups excluding carboxylic acids is 2. The monoisotopic (exact) mass is 320 g/mol. The highest BCUT2D eigenvalue weighted by molar-refractivity contribution is 6.31. The normalized spacial score (nSPS) is 10.2. The van der Waals surface area contributed by atoms with E-state index in [0.717, 1.165) is 5.56 Å². The molecule has 1 heterocycles. The first kappa shape index (κ1) is 16.1. The van der Waals surface area contributed by atoms with Crippen molar-refractivity contribution < 1.29 is 14.0 Å². The van der Waals surface area contributed by atoms with E-state index in [4.69, 9.17) is 16.0 Å². The number of carbonyl (C=O) groups is 2. The van der Waals surface area contributed by atoms with Crippen molar-refractivity contribution in [3.8, 4) is 0 Å². The van der Waals surface area contributed by atoms with Gasteiger partial charge in [0.2, 0.25) is 5.91 Å². The van der Waals surface area contributed by atoms with Crippen molar-refractivity contribution >= 4 is 23.4 Å². The third-order valence-corrected chi connectivity index (χ3v) is 3.41. The highest BCUT2D eigenvalue weighted by Crippen LogP contribution is 2.14. The molecule has 2 aromatic rings. The molecule has 2 amide bonds. The zero-order valence-corrected chi connectivity index (χ0v) is 12.7. The second-order valence-electron chi connectivity index (χ2n) is 4.70. The molecule has 1 aromatic carbocycles. The van der Waals surface area contributed by atoms with Gasteiger partial charge in [0, 0.05) is 24.5 Å². The average molecular weight is 321 g/mol. The lowest BCUT2D eigenvalue weighted by atomic mass is 10.2. The molecule has 0 aliphatic heterocycles. The van der Waals surface area contributed by atoms with Gasteiger partial charge in [-0.05, 0) is 30.2 Å². The van der Waals surface area contributed by atoms with E-state index in [1.807, 2.05) is 18.2 Å². The molecule has 0 saturated heterocycles. The van der Waals surface area contributed by atoms with E-state index < -0.39 is 0 Å². The largest absolute Gasteiger partial charge is 0.459 e. The van der Waals surface area contributed by atoms with Crippen molar-refractivity contribution in [1.29, 1.82) is 0 Å². The van der Waals surface area contributed by atoms with E-state index in [9.17, 15) is 9.59 Å². The first-order valence-electron chi connectivity index (χ1n) is 6.98. The summed E-state index contributed by atoms with van der Waals surface area (Å²) in [6, 6.07) is 10.6. The van der Waals surface area contributed by atoms with Crippen LogP contribution in [0.5, 0.6) is 0 Å². The summed E-state index contributed by atoms with van der Waals surface area (Å²) in [5.41, 5.74) is 0.878. The first-order chi connectivity index (χ1) is 10.7. The van der Waals surface area contributed by atoms with Gasteiger partial charge in [-0.1, -0.05) is 29.8 Å². The Labute approximate surface area is 133 Å². The topological polar surface area (TPSA) is 71.3 Å². The van der Waals surface area contributed by atoms with Gasteiger partial charge in [-0.15, -0.1) is 0 Å². The summed E-state index contributed by atoms with van der Waals surface area (Å²) in [5, 5.41) is 6.12. The van der Waals surface area contributed by atoms with Crippen LogP contribution in [-0.2, 0) is 11.3 Å². The molecule has 0 unspecified atom stereocenters. The predicted molar refractivity (Wildman–Crippen MR) is 83.6 cm³/mol. The minimum Gasteiger partial charge on any atom is -0.459 e. The molecule has 0 saturated carbocycles. The lowest BCUT2D eigenvalue weighted by molar-refractivity contribution is -0.121. The SMILES string of the molecule is O=C(CCCNC(=O)c1ccco1)NCc1ccccc1Cl. The summed E-state index contributed by atoms with van der Waals surface area (Å²) >= 11 is 6.01. The summed E-state index contributed by atoms with van der Waals surface area (Å²) in [6.07, 6.45) is 2.33. The lowest BCUT2D eigenvalue weighted by Crippen LogP contribution is -2.27. The fourth-order valence-electron chi connectivity index (χ4n) is 1.87. The average Bonchev–Trinajstić information content (AvgIpc) is 3.05. The Morgan fingerprint density at radius 1 is 1.09 bits per heavy atom. The van der Waals surface area contributed by atoms with E-state index in [-0.39, 0.29) is 17.6 Å². The van der Waals surface area contributed by atoms with Gasteiger partial charge >= 0.3 is 0 Å². The van der Waals surface area contributed by atoms with Gasteiger partial charge in [0.25, 0.3) is 5.91 Å². The highest BCUT2D eigenvalue weighted by Gasteiger charge is 2.08. The van der Waals surface area contributed by atoms with Gasteiger partial charge in [0.1, 0.15) is 0 Å². The van der Waals surface area contributed by atoms with Crippen LogP contribution in [0.3, 0.4) is 0 Å². The molecule has 1 aromatic heterocycles. The maximum atomic E-state index is 11.7. The van der Waals surface area contributed by atoms with E-state index in [1.54, 1.807) is 18.2 Å². The maximum absolute atomic E-state index is 11.7. The summed E-state index contributed by atoms with van der Waals surface area (Å²) in [5.74, 6) is -0.0863. The molecule has 6 heteroatoms. The molecular weight excluding hydrogens is 304 g/mol. The van der Waals surface area contributed by atoms with Crippen molar-refractivity contribution in [2.24, 2.45) is 0 Å². The van der Waals surface area contributed by atoms with E-state index in [0.29, 0.717) is 31.0 Å². The standard InChI is InChI=1S/C16H17ClN2O3/c17-13-6-2-1-5-12(13)11-19-15(20)8-3-9-18-16(21)14-7-4-10-22-14/h1-2,4-7,10H,3,8-9,11H2,(H,18,21)(H,19,20). The number of rotatable bonds is 7. The van der Waals surface area contributed by atoms with Crippen LogP contribution in [0.25, 0.3) is 0 Å². The Morgan fingerprint density at radius 2 is 1.91 bits per heavy atom. The number of halogens is 1. The number of furan rings is 1. The molecule has 2 rings (SSSR count). The summed E-state index contributed by atoms with van der Waals surface area (Å²) in [4.78, 5) is 23.3. The van der Waals surface area contributed by atoms with Crippen molar-refractivity contribution in [3.63, 3.8) is 0 Å². The second-order valence-corrected chi connectivity index (χ2v) is 5.11. The Balaban J connectivity index is 1.62. The zero-order chi connectivity index (χ0) is 15.8. The molecule has 22 heavy (non-hydrogen) atoms. The third-order valence-electron chi connectivity index (χ3n) is 3.04. The summed E-state index contributed by atoms with van der Waals surface area (Å²) in [7, 11) is 0. The van der Waals surface area contributed by atoms with Gasteiger partial charge in [-0.2, -0.15) is 0 Å². The Kier molecular flexibility index (Phi) is 6.03. The lowest BCUT2D eigenvalue weighted by Gasteiger charge is -2.07. The Bertz CT molecular complexity index is 626. The summed E-state index contributed by atoms with van der Waals surface area (Å²) < 4.78 is 4.97. The van der Waals surface area contributed by atoms with Crippen LogP contribution in [-0.4, -0.2) is 18.4 Å². The van der Waals surface area contributed by atoms with E-state index >= 15 is 0 Å². The number of benzene rings is 1. The van der Waals surface area contributed by atoms with Crippen molar-refractivity contribution in [2.75, 3.05) is 6.54 Å². The molecular formula is C16H17ClN2O3. The van der Waals surface area contributed by atoms with Gasteiger partial charge in [-0.25, -0.2) is 0 Å². The number of nitrogens with one attached hydrogen (secondary N) is 2. The van der Waals surface area contributed by atoms with Gasteiger partial charge in [0.15, 0.2) is 5.76 Å². The maximum Gasteiger partial charge on any atom is 0.286 e. The fourth-order valence-corrected chi connectivity index (χ4v) is 2.07. The van der Waals surface area contributed by atoms with Gasteiger partial charge < -0.3 is 15.1 Å². The molecule has 0 aliphatic rings. The van der Waals surface area contributed by atoms with Gasteiger partial charge in [-0.3, -0.25) is 9.59 Å². The zero-order valence-electron chi connectivity index (χ0n) is 12.0. The molecule has 0 fully saturated rings. The number of hydrogen-bond donors (Lipinski definition) is 2. The summed E-state index contributed by atoms with van der Waals surface area (Å²) in [6.45, 7) is 0.816. The van der Waals surface area contributed by atoms with Crippen LogP contribution in [0.4, 0.5) is 0 Å². The van der Waals surface area contributed by atoms with Gasteiger partial charge in [0.05, 0.1) is 6.26 Å². The molecule has 2 N–H and O–H groups in total. The third kappa shape index (κ3) is 4.93. The van der Waals surface area contributed by atoms with Crippen LogP contribution < -0.4 is 10.6 Å². The van der Waals surface area contributed by atoms with Crippen LogP contribution in [0.2, 0.25) is 5.02 Å². The number of hydrogen-bond acceptors (Lipinski definition) is 3. The quantitative estimate of drug-likeness (QED) is 0.771. The van der Waals surface area contributed by atoms with Crippen LogP contribution in [0, 0.1) is 0 Å². The van der Waals surface area contributed by atoms with Crippen LogP contribution >= 0.6 is 11.6 Å². The molecule has 0 radical (unpaired) electrons. The first-order valence-corrected chi connectivity index (χ1v) is 7.36. The Morgan fingerprint density at radius 3 is 2.64 bits per heavy atom. The molecule has 0 atom stereocenters. The predicted octanol–water partition coefficient (Wildman–Crippen LogP) is 2.76. The second kappa shape index (κ2) is 8.24. The molecule has 0 bridgehead atoms. The molecule has 0 spiro atoms. The number of amides is 2. The van der Waals surface area contributed by atoms with E-state index in [2.05, 4.69) is 10.6 Å². The highest BCUT2D eigenvalue weighted by atomic mass is 35.5. The minimum atomic E-state index is -0.276. The van der Waals surface area contributed by atoms with E-state index in [1.165, 1.54) is 6.26 Å². The van der Waals surface area contributed by atoms with Crippen molar-refractivity contribution in [2.45, 2.75) is 19.4 Å². The molecule has 0 aliphatic carbocycles. The van der Waals surface area contributed by atoms with Crippen molar-refractivity contribution in [1.82, 2.24) is 10.6 Å². The minimum absolute atomic E-state index is 0.0767. The Hall–Kier alpha value is -2.27. The molecule has 116 valence electrons. The fraction of sp³-hybridized carbons (Fsp3) is 0.250. The van der Waals surface area contributed by atoms with Crippen molar-refractivity contribution in [3.05, 3.63) is 59.0 Å². The van der Waals surface area contributed by atoms with Crippen LogP contribution in [0.1, 0.15) is 29.0 Å². The van der Waals surface area contributed by atoms with Crippen LogP contribution in [0.15, 0.2) is 47.1 Å². The molecule has 5 nitrogen and oxygen atoms in total.